The number of nitrogens with two attached hydrogens (primary N) is 1. The summed E-state index contributed by atoms with van der Waals surface area (Å²) in [5.41, 5.74) is 5.22. The zero-order valence-corrected chi connectivity index (χ0v) is 5.93. The van der Waals surface area contributed by atoms with Crippen LogP contribution in [0.15, 0.2) is 0 Å². The second-order valence-corrected chi connectivity index (χ2v) is 3.82. The number of rotatable bonds is 2. The van der Waals surface area contributed by atoms with Gasteiger partial charge in [0.1, 0.15) is 0 Å². The molecule has 0 spiro atoms. The topological polar surface area (TPSA) is 49.8 Å². The van der Waals surface area contributed by atoms with Crippen LogP contribution in [0.3, 0.4) is 0 Å². The van der Waals surface area contributed by atoms with E-state index in [1.54, 1.807) is 0 Å². The molecule has 0 heterocycles. The number of nitrogens with zero attached hydrogens (tertiary/aromatic N) is 1. The molecule has 0 aliphatic rings. The van der Waals surface area contributed by atoms with E-state index in [0.29, 0.717) is 11.4 Å². The van der Waals surface area contributed by atoms with Gasteiger partial charge in [0.25, 0.3) is 0 Å². The van der Waals surface area contributed by atoms with Crippen LogP contribution in [0.1, 0.15) is 6.92 Å². The standard InChI is InChI=1S/C4H8N2Se/c1-4(2-5)7-3-6/h4H,2,5H2,1H3. The van der Waals surface area contributed by atoms with Gasteiger partial charge in [-0.25, -0.2) is 0 Å². The Morgan fingerprint density at radius 1 is 2.00 bits per heavy atom. The van der Waals surface area contributed by atoms with Crippen molar-refractivity contribution in [3.05, 3.63) is 0 Å². The first kappa shape index (κ1) is 6.97. The van der Waals surface area contributed by atoms with Gasteiger partial charge < -0.3 is 0 Å². The average Bonchev–Trinajstić information content (AvgIpc) is 1.68. The van der Waals surface area contributed by atoms with Crippen molar-refractivity contribution in [1.82, 2.24) is 0 Å². The van der Waals surface area contributed by atoms with Gasteiger partial charge in [0.2, 0.25) is 0 Å². The Labute approximate surface area is 49.8 Å². The Kier molecular flexibility index (Phi) is 4.12. The molecule has 0 rings (SSSR count). The predicted molar refractivity (Wildman–Crippen MR) is 29.8 cm³/mol. The molecule has 0 fully saturated rings. The van der Waals surface area contributed by atoms with E-state index < -0.39 is 0 Å². The Morgan fingerprint density at radius 2 is 2.57 bits per heavy atom. The van der Waals surface area contributed by atoms with Gasteiger partial charge in [-0.3, -0.25) is 0 Å². The van der Waals surface area contributed by atoms with Gasteiger partial charge in [0.05, 0.1) is 0 Å². The SMILES string of the molecule is CC(CN)[Se]C#N. The maximum atomic E-state index is 8.09. The van der Waals surface area contributed by atoms with E-state index in [0.717, 1.165) is 0 Å². The molecule has 2 N–H and O–H groups in total. The molecule has 7 heavy (non-hydrogen) atoms. The van der Waals surface area contributed by atoms with E-state index in [-0.39, 0.29) is 15.0 Å². The number of hydrogen-bond donors (Lipinski definition) is 1. The summed E-state index contributed by atoms with van der Waals surface area (Å²) in [5, 5.41) is 8.09. The van der Waals surface area contributed by atoms with Crippen molar-refractivity contribution in [3.63, 3.8) is 0 Å². The molecule has 0 bridgehead atoms. The molecule has 0 aromatic rings. The van der Waals surface area contributed by atoms with E-state index >= 15 is 0 Å². The van der Waals surface area contributed by atoms with E-state index in [2.05, 4.69) is 4.97 Å². The fourth-order valence-electron chi connectivity index (χ4n) is 0.138. The second kappa shape index (κ2) is 4.14. The van der Waals surface area contributed by atoms with Crippen molar-refractivity contribution < 1.29 is 0 Å². The van der Waals surface area contributed by atoms with Crippen molar-refractivity contribution in [2.75, 3.05) is 6.54 Å². The number of nitriles is 1. The van der Waals surface area contributed by atoms with Crippen LogP contribution in [-0.4, -0.2) is 21.5 Å². The normalized spacial score (nSPS) is 12.7. The van der Waals surface area contributed by atoms with Gasteiger partial charge in [-0.2, -0.15) is 0 Å². The zero-order valence-electron chi connectivity index (χ0n) is 4.22. The minimum atomic E-state index is 0.106. The van der Waals surface area contributed by atoms with Crippen molar-refractivity contribution >= 4 is 15.0 Å². The molecule has 0 aromatic carbocycles. The third kappa shape index (κ3) is 3.81. The van der Waals surface area contributed by atoms with Gasteiger partial charge in [0, 0.05) is 0 Å². The Bertz CT molecular complexity index is 76.2. The Morgan fingerprint density at radius 3 is 2.71 bits per heavy atom. The summed E-state index contributed by atoms with van der Waals surface area (Å²) in [4.78, 5) is 2.53. The molecule has 1 atom stereocenters. The molecule has 3 heteroatoms. The molecule has 0 saturated carbocycles. The quantitative estimate of drug-likeness (QED) is 0.579. The monoisotopic (exact) mass is 164 g/mol. The van der Waals surface area contributed by atoms with Gasteiger partial charge in [-0.15, -0.1) is 0 Å². The molecule has 0 aromatic heterocycles. The molecule has 0 saturated heterocycles. The molecule has 1 unspecified atom stereocenters. The van der Waals surface area contributed by atoms with E-state index in [9.17, 15) is 0 Å². The van der Waals surface area contributed by atoms with Crippen molar-refractivity contribution in [2.45, 2.75) is 11.7 Å². The maximum absolute atomic E-state index is 8.09. The molecule has 40 valence electrons. The molecule has 0 amide bonds. The predicted octanol–water partition coefficient (Wildman–Crippen LogP) is -0.0612. The van der Waals surface area contributed by atoms with Crippen LogP contribution in [0.4, 0.5) is 0 Å². The molecular formula is C4H8N2Se. The summed E-state index contributed by atoms with van der Waals surface area (Å²) in [7, 11) is 0. The number of hydrogen-bond acceptors (Lipinski definition) is 2. The summed E-state index contributed by atoms with van der Waals surface area (Å²) in [5.74, 6) is 0. The third-order valence-corrected chi connectivity index (χ3v) is 2.05. The summed E-state index contributed by atoms with van der Waals surface area (Å²) in [6.07, 6.45) is 0. The van der Waals surface area contributed by atoms with Crippen molar-refractivity contribution in [3.8, 4) is 4.97 Å². The summed E-state index contributed by atoms with van der Waals surface area (Å²) < 4.78 is 0. The fraction of sp³-hybridized carbons (Fsp3) is 0.750. The van der Waals surface area contributed by atoms with Crippen molar-refractivity contribution in [2.24, 2.45) is 5.73 Å². The summed E-state index contributed by atoms with van der Waals surface area (Å²) in [6.45, 7) is 2.64. The van der Waals surface area contributed by atoms with E-state index in [1.165, 1.54) is 0 Å². The van der Waals surface area contributed by atoms with Crippen LogP contribution in [-0.2, 0) is 0 Å². The van der Waals surface area contributed by atoms with Crippen LogP contribution in [0.2, 0.25) is 4.82 Å². The van der Waals surface area contributed by atoms with Crippen LogP contribution < -0.4 is 5.73 Å². The second-order valence-electron chi connectivity index (χ2n) is 1.26. The first-order valence-electron chi connectivity index (χ1n) is 2.06. The molecule has 0 radical (unpaired) electrons. The fourth-order valence-corrected chi connectivity index (χ4v) is 0.718. The average molecular weight is 163 g/mol. The van der Waals surface area contributed by atoms with Crippen molar-refractivity contribution in [1.29, 1.82) is 5.26 Å². The molecule has 0 aliphatic heterocycles. The van der Waals surface area contributed by atoms with Gasteiger partial charge in [-0.05, 0) is 0 Å². The summed E-state index contributed by atoms with van der Waals surface area (Å²) >= 11 is 0.106. The van der Waals surface area contributed by atoms with Crippen LogP contribution in [0.25, 0.3) is 0 Å². The van der Waals surface area contributed by atoms with Gasteiger partial charge in [0.15, 0.2) is 0 Å². The minimum absolute atomic E-state index is 0.106. The molecular weight excluding hydrogens is 155 g/mol. The third-order valence-electron chi connectivity index (χ3n) is 0.586. The van der Waals surface area contributed by atoms with Crippen LogP contribution in [0.5, 0.6) is 0 Å². The van der Waals surface area contributed by atoms with E-state index in [1.807, 2.05) is 6.92 Å². The van der Waals surface area contributed by atoms with Crippen LogP contribution in [0, 0.1) is 10.2 Å². The molecule has 0 aliphatic carbocycles. The molecule has 2 nitrogen and oxygen atoms in total. The Hall–Kier alpha value is -0.0305. The zero-order chi connectivity index (χ0) is 5.70. The first-order chi connectivity index (χ1) is 3.31. The summed E-state index contributed by atoms with van der Waals surface area (Å²) in [6, 6.07) is 0. The van der Waals surface area contributed by atoms with E-state index in [4.69, 9.17) is 11.0 Å². The van der Waals surface area contributed by atoms with Crippen LogP contribution >= 0.6 is 0 Å². The van der Waals surface area contributed by atoms with Gasteiger partial charge in [-0.1, -0.05) is 0 Å². The first-order valence-corrected chi connectivity index (χ1v) is 3.90. The Balaban J connectivity index is 3.03. The van der Waals surface area contributed by atoms with Gasteiger partial charge >= 0.3 is 49.2 Å².